The number of hydrogen-bond donors (Lipinski definition) is 1. The van der Waals surface area contributed by atoms with Crippen LogP contribution in [0, 0.1) is 0 Å². The molecule has 1 saturated heterocycles. The highest BCUT2D eigenvalue weighted by Gasteiger charge is 2.52. The summed E-state index contributed by atoms with van der Waals surface area (Å²) in [7, 11) is -2.70. The second kappa shape index (κ2) is 5.43. The van der Waals surface area contributed by atoms with Crippen LogP contribution in [-0.4, -0.2) is 44.2 Å². The number of nitrogens with two attached hydrogens (primary N) is 1. The van der Waals surface area contributed by atoms with Crippen LogP contribution in [0.4, 0.5) is 0 Å². The van der Waals surface area contributed by atoms with E-state index in [1.807, 2.05) is 27.7 Å². The summed E-state index contributed by atoms with van der Waals surface area (Å²) in [4.78, 5) is 4.16. The van der Waals surface area contributed by atoms with Crippen LogP contribution in [0.2, 0.25) is 0 Å². The Kier molecular flexibility index (Phi) is 4.71. The maximum atomic E-state index is 11.6. The van der Waals surface area contributed by atoms with Crippen LogP contribution in [0.15, 0.2) is 16.7 Å². The number of nitrogens with zero attached hydrogens (tertiary/aromatic N) is 1. The van der Waals surface area contributed by atoms with Crippen molar-refractivity contribution in [2.45, 2.75) is 38.9 Å². The van der Waals surface area contributed by atoms with Gasteiger partial charge in [0.15, 0.2) is 0 Å². The average molecular weight is 286 g/mol. The van der Waals surface area contributed by atoms with Gasteiger partial charge in [-0.25, -0.2) is 0 Å². The van der Waals surface area contributed by atoms with Gasteiger partial charge in [0, 0.05) is 11.7 Å². The molecule has 1 heterocycles. The Morgan fingerprint density at radius 3 is 2.11 bits per heavy atom. The predicted octanol–water partition coefficient (Wildman–Crippen LogP) is 2.11. The summed E-state index contributed by atoms with van der Waals surface area (Å²) in [6, 6.07) is 0. The van der Waals surface area contributed by atoms with Gasteiger partial charge in [-0.3, -0.25) is 4.99 Å². The lowest BCUT2D eigenvalue weighted by atomic mass is 9.79. The van der Waals surface area contributed by atoms with Gasteiger partial charge in [-0.2, -0.15) is 0 Å². The van der Waals surface area contributed by atoms with E-state index in [1.165, 1.54) is 6.20 Å². The zero-order chi connectivity index (χ0) is 14.9. The molecule has 1 rings (SSSR count). The van der Waals surface area contributed by atoms with Crippen molar-refractivity contribution in [1.29, 1.82) is 0 Å². The summed E-state index contributed by atoms with van der Waals surface area (Å²) >= 11 is 0. The molecule has 7 heteroatoms. The van der Waals surface area contributed by atoms with E-state index in [-0.39, 0.29) is 0 Å². The van der Waals surface area contributed by atoms with E-state index >= 15 is 0 Å². The first-order valence-electron chi connectivity index (χ1n) is 6.30. The lowest BCUT2D eigenvalue weighted by molar-refractivity contribution is 0.00578. The van der Waals surface area contributed by atoms with Crippen LogP contribution in [0.25, 0.3) is 0 Å². The molecule has 0 aromatic carbocycles. The Morgan fingerprint density at radius 1 is 1.26 bits per heavy atom. The highest BCUT2D eigenvalue weighted by Crippen LogP contribution is 2.38. The first-order chi connectivity index (χ1) is 8.48. The van der Waals surface area contributed by atoms with Gasteiger partial charge in [-0.05, 0) is 47.2 Å². The summed E-state index contributed by atoms with van der Waals surface area (Å²) in [5.74, 6) is 0. The second-order valence-corrected chi connectivity index (χ2v) is 9.71. The van der Waals surface area contributed by atoms with Gasteiger partial charge in [0.2, 0.25) is 0 Å². The quantitative estimate of drug-likeness (QED) is 0.488. The number of hydrogen-bond acceptors (Lipinski definition) is 5. The zero-order valence-electron chi connectivity index (χ0n) is 12.6. The molecule has 0 amide bonds. The van der Waals surface area contributed by atoms with Crippen LogP contribution in [0.3, 0.4) is 0 Å². The Labute approximate surface area is 116 Å². The van der Waals surface area contributed by atoms with Crippen molar-refractivity contribution in [3.8, 4) is 0 Å². The van der Waals surface area contributed by atoms with E-state index in [1.54, 1.807) is 19.5 Å². The summed E-state index contributed by atoms with van der Waals surface area (Å²) in [5.41, 5.74) is 5.42. The molecule has 0 atom stereocenters. The molecule has 0 saturated carbocycles. The van der Waals surface area contributed by atoms with E-state index < -0.39 is 25.5 Å². The van der Waals surface area contributed by atoms with Crippen molar-refractivity contribution in [1.82, 2.24) is 0 Å². The SMILES string of the molecule is CC1(C)OB(C(=C/N)/C=N/CP(C)(C)=O)OC1(C)C. The third kappa shape index (κ3) is 4.20. The van der Waals surface area contributed by atoms with Gasteiger partial charge >= 0.3 is 7.12 Å². The van der Waals surface area contributed by atoms with Gasteiger partial charge < -0.3 is 19.6 Å². The Bertz CT molecular complexity index is 424. The smallest absolute Gasteiger partial charge is 0.405 e. The number of rotatable bonds is 4. The maximum Gasteiger partial charge on any atom is 0.497 e. The van der Waals surface area contributed by atoms with E-state index in [2.05, 4.69) is 4.99 Å². The summed E-state index contributed by atoms with van der Waals surface area (Å²) in [6.07, 6.45) is 3.30. The molecule has 19 heavy (non-hydrogen) atoms. The number of allylic oxidation sites excluding steroid dienone is 1. The molecule has 5 nitrogen and oxygen atoms in total. The fourth-order valence-electron chi connectivity index (χ4n) is 1.50. The molecule has 1 aliphatic heterocycles. The Morgan fingerprint density at radius 2 is 1.74 bits per heavy atom. The summed E-state index contributed by atoms with van der Waals surface area (Å²) in [6.45, 7) is 11.3. The maximum absolute atomic E-state index is 11.6. The third-order valence-electron chi connectivity index (χ3n) is 3.38. The molecule has 108 valence electrons. The third-order valence-corrected chi connectivity index (χ3v) is 4.22. The highest BCUT2D eigenvalue weighted by molar-refractivity contribution is 7.62. The number of aliphatic imine (C=N–C) groups is 1. The second-order valence-electron chi connectivity index (χ2n) is 6.28. The summed E-state index contributed by atoms with van der Waals surface area (Å²) in [5, 5.41) is 0. The zero-order valence-corrected chi connectivity index (χ0v) is 13.5. The minimum absolute atomic E-state index is 0.295. The molecule has 0 aliphatic carbocycles. The molecule has 0 aromatic rings. The van der Waals surface area contributed by atoms with E-state index in [4.69, 9.17) is 15.0 Å². The molecule has 0 radical (unpaired) electrons. The first kappa shape index (κ1) is 16.5. The average Bonchev–Trinajstić information content (AvgIpc) is 2.41. The Hall–Kier alpha value is -0.575. The molecular weight excluding hydrogens is 262 g/mol. The van der Waals surface area contributed by atoms with Gasteiger partial charge in [-0.15, -0.1) is 0 Å². The van der Waals surface area contributed by atoms with Crippen molar-refractivity contribution in [2.24, 2.45) is 10.7 Å². The summed E-state index contributed by atoms with van der Waals surface area (Å²) < 4.78 is 23.3. The lowest BCUT2D eigenvalue weighted by Gasteiger charge is -2.32. The predicted molar refractivity (Wildman–Crippen MR) is 81.2 cm³/mol. The molecule has 1 fully saturated rings. The molecule has 0 bridgehead atoms. The van der Waals surface area contributed by atoms with E-state index in [9.17, 15) is 4.57 Å². The first-order valence-corrected chi connectivity index (χ1v) is 9.08. The minimum Gasteiger partial charge on any atom is -0.405 e. The molecule has 2 N–H and O–H groups in total. The van der Waals surface area contributed by atoms with Crippen molar-refractivity contribution >= 4 is 20.5 Å². The fraction of sp³-hybridized carbons (Fsp3) is 0.750. The fourth-order valence-corrected chi connectivity index (χ4v) is 1.98. The van der Waals surface area contributed by atoms with E-state index in [0.29, 0.717) is 11.8 Å². The van der Waals surface area contributed by atoms with Crippen LogP contribution in [-0.2, 0) is 13.9 Å². The molecule has 0 spiro atoms. The lowest BCUT2D eigenvalue weighted by Crippen LogP contribution is -2.41. The normalized spacial score (nSPS) is 23.3. The van der Waals surface area contributed by atoms with Gasteiger partial charge in [-0.1, -0.05) is 0 Å². The van der Waals surface area contributed by atoms with Crippen molar-refractivity contribution in [3.05, 3.63) is 11.7 Å². The van der Waals surface area contributed by atoms with Crippen molar-refractivity contribution < 1.29 is 13.9 Å². The van der Waals surface area contributed by atoms with E-state index in [0.717, 1.165) is 0 Å². The monoisotopic (exact) mass is 286 g/mol. The van der Waals surface area contributed by atoms with Gasteiger partial charge in [0.05, 0.1) is 17.5 Å². The molecule has 1 aliphatic rings. The van der Waals surface area contributed by atoms with Crippen LogP contribution in [0.5, 0.6) is 0 Å². The highest BCUT2D eigenvalue weighted by atomic mass is 31.2. The van der Waals surface area contributed by atoms with Gasteiger partial charge in [0.25, 0.3) is 0 Å². The van der Waals surface area contributed by atoms with Crippen molar-refractivity contribution in [2.75, 3.05) is 19.6 Å². The van der Waals surface area contributed by atoms with Crippen molar-refractivity contribution in [3.63, 3.8) is 0 Å². The topological polar surface area (TPSA) is 73.9 Å². The van der Waals surface area contributed by atoms with Crippen LogP contribution < -0.4 is 5.73 Å². The minimum atomic E-state index is -2.16. The van der Waals surface area contributed by atoms with Crippen LogP contribution >= 0.6 is 7.14 Å². The molecule has 0 unspecified atom stereocenters. The Balaban J connectivity index is 2.77. The molecule has 0 aromatic heterocycles. The molecular formula is C12H24BN2O3P. The largest absolute Gasteiger partial charge is 0.497 e. The standard InChI is InChI=1S/C12H24BN2O3P/c1-11(2)12(3,4)18-13(17-11)10(7-14)8-15-9-19(5,6)16/h7-8H,9,14H2,1-6H3/b10-7+,15-8+. The van der Waals surface area contributed by atoms with Crippen LogP contribution in [0.1, 0.15) is 27.7 Å². The van der Waals surface area contributed by atoms with Gasteiger partial charge in [0.1, 0.15) is 7.14 Å².